The molecule has 2 aromatic carbocycles. The van der Waals surface area contributed by atoms with Gasteiger partial charge in [0.15, 0.2) is 16.8 Å². The number of thiol groups is 1. The molecular weight excluding hydrogens is 457 g/mol. The Labute approximate surface area is 184 Å². The van der Waals surface area contributed by atoms with E-state index in [1.807, 2.05) is 4.90 Å². The van der Waals surface area contributed by atoms with Crippen molar-refractivity contribution in [3.05, 3.63) is 53.1 Å². The molecule has 1 atom stereocenters. The van der Waals surface area contributed by atoms with Crippen LogP contribution in [-0.2, 0) is 21.7 Å². The second kappa shape index (κ2) is 9.35. The predicted octanol–water partition coefficient (Wildman–Crippen LogP) is 3.45. The number of rotatable bonds is 5. The number of carbonyl (C=O) groups excluding carboxylic acids is 1. The number of amides is 1. The number of nitrogens with zero attached hydrogens (tertiary/aromatic N) is 2. The number of hydrogen-bond donors (Lipinski definition) is 1. The van der Waals surface area contributed by atoms with E-state index < -0.39 is 33.6 Å². The summed E-state index contributed by atoms with van der Waals surface area (Å²) < 4.78 is 66.4. The molecule has 168 valence electrons. The van der Waals surface area contributed by atoms with Crippen molar-refractivity contribution in [2.45, 2.75) is 24.1 Å². The summed E-state index contributed by atoms with van der Waals surface area (Å²) in [4.78, 5) is 16.5. The Balaban J connectivity index is 1.59. The molecule has 1 aliphatic heterocycles. The first kappa shape index (κ1) is 23.2. The molecule has 2 aromatic rings. The molecule has 6 nitrogen and oxygen atoms in total. The number of hydrogen-bond acceptors (Lipinski definition) is 5. The van der Waals surface area contributed by atoms with Crippen LogP contribution in [0, 0.1) is 0 Å². The quantitative estimate of drug-likeness (QED) is 0.670. The second-order valence-electron chi connectivity index (χ2n) is 6.99. The fourth-order valence-corrected chi connectivity index (χ4v) is 3.89. The van der Waals surface area contributed by atoms with Gasteiger partial charge in [0.25, 0.3) is 5.91 Å². The fraction of sp³-hybridized carbons (Fsp3) is 0.350. The number of carbonyl (C=O) groups is 1. The Kier molecular flexibility index (Phi) is 7.00. The molecule has 1 fully saturated rings. The minimum Gasteiger partial charge on any atom is -0.481 e. The SMILES string of the molecule is CC(Oc1ccc(Cl)c(C(F)(F)F)c1)C(=O)N1CCN(c2ccc([SH](=O)=O)cc2)CC1. The molecule has 0 saturated carbocycles. The van der Waals surface area contributed by atoms with Crippen LogP contribution in [0.4, 0.5) is 18.9 Å². The number of benzene rings is 2. The first-order valence-corrected chi connectivity index (χ1v) is 10.9. The summed E-state index contributed by atoms with van der Waals surface area (Å²) in [7, 11) is -2.64. The van der Waals surface area contributed by atoms with Gasteiger partial charge in [0.2, 0.25) is 0 Å². The lowest BCUT2D eigenvalue weighted by Crippen LogP contribution is -2.52. The second-order valence-corrected chi connectivity index (χ2v) is 8.42. The zero-order chi connectivity index (χ0) is 22.8. The number of ether oxygens (including phenoxy) is 1. The number of piperazine rings is 1. The van der Waals surface area contributed by atoms with Gasteiger partial charge in [-0.05, 0) is 49.4 Å². The van der Waals surface area contributed by atoms with Crippen LogP contribution in [0.15, 0.2) is 47.4 Å². The van der Waals surface area contributed by atoms with Gasteiger partial charge in [-0.15, -0.1) is 0 Å². The average molecular weight is 477 g/mol. The minimum absolute atomic E-state index is 0.0898. The third kappa shape index (κ3) is 5.62. The monoisotopic (exact) mass is 476 g/mol. The summed E-state index contributed by atoms with van der Waals surface area (Å²) in [6.45, 7) is 3.34. The summed E-state index contributed by atoms with van der Waals surface area (Å²) in [6.07, 6.45) is -5.59. The minimum atomic E-state index is -4.62. The molecule has 1 heterocycles. The van der Waals surface area contributed by atoms with Gasteiger partial charge in [0.05, 0.1) is 15.5 Å². The molecule has 11 heteroatoms. The lowest BCUT2D eigenvalue weighted by atomic mass is 10.2. The van der Waals surface area contributed by atoms with Gasteiger partial charge in [-0.3, -0.25) is 4.79 Å². The van der Waals surface area contributed by atoms with E-state index in [9.17, 15) is 26.4 Å². The Bertz CT molecular complexity index is 1010. The van der Waals surface area contributed by atoms with E-state index in [2.05, 4.69) is 0 Å². The standard InChI is InChI=1S/C20H20ClF3N2O4S/c1-13(30-15-4-7-18(21)17(12-15)20(22,23)24)19(27)26-10-8-25(9-11-26)14-2-5-16(6-3-14)31(28)29/h2-7,12-13,31H,8-11H2,1H3. The van der Waals surface area contributed by atoms with E-state index >= 15 is 0 Å². The van der Waals surface area contributed by atoms with Gasteiger partial charge in [-0.1, -0.05) is 11.6 Å². The third-order valence-electron chi connectivity index (χ3n) is 4.92. The van der Waals surface area contributed by atoms with Gasteiger partial charge in [-0.2, -0.15) is 13.2 Å². The number of alkyl halides is 3. The lowest BCUT2D eigenvalue weighted by Gasteiger charge is -2.37. The highest BCUT2D eigenvalue weighted by Crippen LogP contribution is 2.37. The van der Waals surface area contributed by atoms with Crippen LogP contribution in [-0.4, -0.2) is 51.5 Å². The highest BCUT2D eigenvalue weighted by molar-refractivity contribution is 7.72. The van der Waals surface area contributed by atoms with Gasteiger partial charge in [0.1, 0.15) is 5.75 Å². The van der Waals surface area contributed by atoms with Crippen molar-refractivity contribution in [2.24, 2.45) is 0 Å². The first-order valence-electron chi connectivity index (χ1n) is 9.38. The molecule has 1 amide bonds. The van der Waals surface area contributed by atoms with Gasteiger partial charge < -0.3 is 14.5 Å². The summed E-state index contributed by atoms with van der Waals surface area (Å²) in [6, 6.07) is 9.63. The van der Waals surface area contributed by atoms with Crippen LogP contribution < -0.4 is 9.64 Å². The Morgan fingerprint density at radius 1 is 1.06 bits per heavy atom. The van der Waals surface area contributed by atoms with E-state index in [0.29, 0.717) is 26.2 Å². The summed E-state index contributed by atoms with van der Waals surface area (Å²) >= 11 is 5.60. The molecule has 31 heavy (non-hydrogen) atoms. The maximum atomic E-state index is 13.0. The fourth-order valence-electron chi connectivity index (χ4n) is 3.28. The van der Waals surface area contributed by atoms with Crippen LogP contribution in [0.25, 0.3) is 0 Å². The molecule has 0 spiro atoms. The predicted molar refractivity (Wildman–Crippen MR) is 110 cm³/mol. The van der Waals surface area contributed by atoms with Crippen molar-refractivity contribution < 1.29 is 31.1 Å². The van der Waals surface area contributed by atoms with Gasteiger partial charge in [0, 0.05) is 31.9 Å². The normalized spacial score (nSPS) is 15.8. The highest BCUT2D eigenvalue weighted by atomic mass is 35.5. The summed E-state index contributed by atoms with van der Waals surface area (Å²) in [5.41, 5.74) is -0.176. The molecule has 0 bridgehead atoms. The molecule has 3 rings (SSSR count). The smallest absolute Gasteiger partial charge is 0.417 e. The zero-order valence-electron chi connectivity index (χ0n) is 16.4. The highest BCUT2D eigenvalue weighted by Gasteiger charge is 2.34. The molecule has 1 saturated heterocycles. The first-order chi connectivity index (χ1) is 14.6. The molecule has 0 aliphatic carbocycles. The van der Waals surface area contributed by atoms with Crippen molar-refractivity contribution in [3.63, 3.8) is 0 Å². The van der Waals surface area contributed by atoms with E-state index in [-0.39, 0.29) is 16.6 Å². The lowest BCUT2D eigenvalue weighted by molar-refractivity contribution is -0.138. The van der Waals surface area contributed by atoms with Crippen molar-refractivity contribution in [2.75, 3.05) is 31.1 Å². The topological polar surface area (TPSA) is 66.9 Å². The van der Waals surface area contributed by atoms with Gasteiger partial charge >= 0.3 is 6.18 Å². The van der Waals surface area contributed by atoms with Crippen LogP contribution in [0.3, 0.4) is 0 Å². The van der Waals surface area contributed by atoms with E-state index in [1.165, 1.54) is 25.1 Å². The van der Waals surface area contributed by atoms with Gasteiger partial charge in [-0.25, -0.2) is 8.42 Å². The number of anilines is 1. The third-order valence-corrected chi connectivity index (χ3v) is 5.97. The maximum Gasteiger partial charge on any atom is 0.417 e. The molecular formula is C20H20ClF3N2O4S. The molecule has 1 unspecified atom stereocenters. The largest absolute Gasteiger partial charge is 0.481 e. The van der Waals surface area contributed by atoms with Crippen LogP contribution >= 0.6 is 11.6 Å². The van der Waals surface area contributed by atoms with Crippen molar-refractivity contribution in [1.29, 1.82) is 0 Å². The Morgan fingerprint density at radius 2 is 1.68 bits per heavy atom. The van der Waals surface area contributed by atoms with Crippen molar-refractivity contribution in [3.8, 4) is 5.75 Å². The maximum absolute atomic E-state index is 13.0. The Morgan fingerprint density at radius 3 is 2.23 bits per heavy atom. The zero-order valence-corrected chi connectivity index (χ0v) is 18.1. The van der Waals surface area contributed by atoms with Crippen LogP contribution in [0.5, 0.6) is 5.75 Å². The average Bonchev–Trinajstić information content (AvgIpc) is 2.74. The van der Waals surface area contributed by atoms with E-state index in [4.69, 9.17) is 16.3 Å². The van der Waals surface area contributed by atoms with Crippen molar-refractivity contribution in [1.82, 2.24) is 4.90 Å². The molecule has 1 aliphatic rings. The van der Waals surface area contributed by atoms with Crippen LogP contribution in [0.2, 0.25) is 5.02 Å². The van der Waals surface area contributed by atoms with E-state index in [1.54, 1.807) is 17.0 Å². The number of halogens is 4. The van der Waals surface area contributed by atoms with E-state index in [0.717, 1.165) is 17.8 Å². The van der Waals surface area contributed by atoms with Crippen LogP contribution in [0.1, 0.15) is 12.5 Å². The Hall–Kier alpha value is -2.46. The summed E-state index contributed by atoms with van der Waals surface area (Å²) in [5, 5.41) is -0.440. The molecule has 0 N–H and O–H groups in total. The molecule has 0 radical (unpaired) electrons. The summed E-state index contributed by atoms with van der Waals surface area (Å²) in [5.74, 6) is -0.421. The van der Waals surface area contributed by atoms with Crippen molar-refractivity contribution >= 4 is 33.9 Å². The molecule has 0 aromatic heterocycles.